The minimum absolute atomic E-state index is 0.000309. The molecule has 0 aliphatic carbocycles. The number of rotatable bonds is 10. The predicted octanol–water partition coefficient (Wildman–Crippen LogP) is 5.55. The molecule has 0 saturated heterocycles. The molecule has 0 heterocycles. The number of hydrogen-bond donors (Lipinski definition) is 1. The van der Waals surface area contributed by atoms with Gasteiger partial charge in [0.2, 0.25) is 11.8 Å². The lowest BCUT2D eigenvalue weighted by molar-refractivity contribution is -0.139. The van der Waals surface area contributed by atoms with Crippen LogP contribution in [0.4, 0.5) is 5.69 Å². The molecule has 10 heteroatoms. The number of aryl methyl sites for hydroxylation is 1. The Morgan fingerprint density at radius 1 is 0.921 bits per heavy atom. The Bertz CT molecular complexity index is 1360. The number of amides is 2. The average molecular weight is 621 g/mol. The number of nitrogens with one attached hydrogen (secondary N) is 1. The fourth-order valence-electron chi connectivity index (χ4n) is 3.75. The zero-order valence-electron chi connectivity index (χ0n) is 21.7. The van der Waals surface area contributed by atoms with Crippen LogP contribution >= 0.6 is 27.5 Å². The van der Waals surface area contributed by atoms with Gasteiger partial charge in [-0.25, -0.2) is 8.42 Å². The van der Waals surface area contributed by atoms with Crippen molar-refractivity contribution in [2.75, 3.05) is 10.8 Å². The van der Waals surface area contributed by atoms with Crippen LogP contribution in [0.5, 0.6) is 0 Å². The van der Waals surface area contributed by atoms with Crippen molar-refractivity contribution >= 4 is 55.1 Å². The summed E-state index contributed by atoms with van der Waals surface area (Å²) in [5.74, 6) is -0.842. The van der Waals surface area contributed by atoms with Crippen LogP contribution in [0.1, 0.15) is 31.9 Å². The summed E-state index contributed by atoms with van der Waals surface area (Å²) in [4.78, 5) is 28.2. The van der Waals surface area contributed by atoms with Crippen LogP contribution in [-0.2, 0) is 26.2 Å². The molecule has 0 aliphatic heterocycles. The van der Waals surface area contributed by atoms with E-state index in [0.29, 0.717) is 10.7 Å². The van der Waals surface area contributed by atoms with Crippen molar-refractivity contribution in [1.29, 1.82) is 0 Å². The summed E-state index contributed by atoms with van der Waals surface area (Å²) in [6.45, 7) is 6.83. The van der Waals surface area contributed by atoms with Crippen molar-refractivity contribution in [3.05, 3.63) is 93.4 Å². The monoisotopic (exact) mass is 619 g/mol. The van der Waals surface area contributed by atoms with Crippen molar-refractivity contribution in [3.63, 3.8) is 0 Å². The molecule has 1 N–H and O–H groups in total. The summed E-state index contributed by atoms with van der Waals surface area (Å²) in [6, 6.07) is 19.1. The van der Waals surface area contributed by atoms with Gasteiger partial charge in [0, 0.05) is 22.1 Å². The first kappa shape index (κ1) is 29.7. The maximum atomic E-state index is 13.8. The van der Waals surface area contributed by atoms with Gasteiger partial charge >= 0.3 is 0 Å². The average Bonchev–Trinajstić information content (AvgIpc) is 2.87. The second-order valence-corrected chi connectivity index (χ2v) is 12.5. The first-order valence-corrected chi connectivity index (χ1v) is 14.7. The fraction of sp³-hybridized carbons (Fsp3) is 0.286. The Balaban J connectivity index is 2.02. The molecule has 3 aromatic carbocycles. The Hall–Kier alpha value is -2.88. The fourth-order valence-corrected chi connectivity index (χ4v) is 5.55. The number of carbonyl (C=O) groups excluding carboxylic acids is 2. The second kappa shape index (κ2) is 12.8. The molecular weight excluding hydrogens is 590 g/mol. The largest absolute Gasteiger partial charge is 0.352 e. The highest BCUT2D eigenvalue weighted by Gasteiger charge is 2.32. The van der Waals surface area contributed by atoms with Gasteiger partial charge in [-0.3, -0.25) is 13.9 Å². The zero-order chi connectivity index (χ0) is 28.0. The normalized spacial score (nSPS) is 12.2. The van der Waals surface area contributed by atoms with Gasteiger partial charge < -0.3 is 10.2 Å². The summed E-state index contributed by atoms with van der Waals surface area (Å²) >= 11 is 9.38. The highest BCUT2D eigenvalue weighted by atomic mass is 79.9. The molecule has 1 atom stereocenters. The van der Waals surface area contributed by atoms with E-state index in [4.69, 9.17) is 11.6 Å². The van der Waals surface area contributed by atoms with Crippen molar-refractivity contribution < 1.29 is 18.0 Å². The SMILES string of the molecule is Cc1ccc(N(CC(=O)N(Cc2ccc(Br)cc2)C(C)C(=O)NC(C)C)S(=O)(=O)c2ccc(Cl)cc2)cc1. The number of anilines is 1. The molecule has 3 rings (SSSR count). The van der Waals surface area contributed by atoms with E-state index >= 15 is 0 Å². The number of hydrogen-bond acceptors (Lipinski definition) is 4. The Morgan fingerprint density at radius 2 is 1.50 bits per heavy atom. The Labute approximate surface area is 238 Å². The maximum absolute atomic E-state index is 13.8. The van der Waals surface area contributed by atoms with Crippen LogP contribution in [0.25, 0.3) is 0 Å². The molecule has 3 aromatic rings. The lowest BCUT2D eigenvalue weighted by Gasteiger charge is -2.32. The van der Waals surface area contributed by atoms with E-state index in [2.05, 4.69) is 21.2 Å². The van der Waals surface area contributed by atoms with E-state index in [0.717, 1.165) is 19.9 Å². The Morgan fingerprint density at radius 3 is 2.05 bits per heavy atom. The third kappa shape index (κ3) is 7.58. The van der Waals surface area contributed by atoms with Crippen LogP contribution in [0.15, 0.2) is 82.2 Å². The summed E-state index contributed by atoms with van der Waals surface area (Å²) in [6.07, 6.45) is 0. The lowest BCUT2D eigenvalue weighted by atomic mass is 10.1. The highest BCUT2D eigenvalue weighted by Crippen LogP contribution is 2.26. The zero-order valence-corrected chi connectivity index (χ0v) is 24.8. The van der Waals surface area contributed by atoms with E-state index in [1.807, 2.05) is 45.0 Å². The van der Waals surface area contributed by atoms with Gasteiger partial charge in [-0.2, -0.15) is 0 Å². The molecule has 0 aliphatic rings. The third-order valence-corrected chi connectivity index (χ3v) is 8.44. The topological polar surface area (TPSA) is 86.8 Å². The summed E-state index contributed by atoms with van der Waals surface area (Å²) in [7, 11) is -4.14. The van der Waals surface area contributed by atoms with Gasteiger partial charge in [-0.1, -0.05) is 57.4 Å². The molecule has 38 heavy (non-hydrogen) atoms. The lowest BCUT2D eigenvalue weighted by Crippen LogP contribution is -2.52. The smallest absolute Gasteiger partial charge is 0.264 e. The van der Waals surface area contributed by atoms with Gasteiger partial charge in [-0.05, 0) is 81.8 Å². The first-order chi connectivity index (χ1) is 17.9. The third-order valence-electron chi connectivity index (χ3n) is 5.87. The molecule has 0 fully saturated rings. The molecule has 0 radical (unpaired) electrons. The summed E-state index contributed by atoms with van der Waals surface area (Å²) < 4.78 is 29.5. The van der Waals surface area contributed by atoms with E-state index in [9.17, 15) is 18.0 Å². The molecule has 0 bridgehead atoms. The number of carbonyl (C=O) groups is 2. The van der Waals surface area contributed by atoms with Gasteiger partial charge in [0.05, 0.1) is 10.6 Å². The number of halogens is 2. The standard InChI is InChI=1S/C28H31BrClN3O4S/c1-19(2)31-28(35)21(4)32(17-22-7-9-23(29)10-8-22)27(34)18-33(25-13-5-20(3)6-14-25)38(36,37)26-15-11-24(30)12-16-26/h5-16,19,21H,17-18H2,1-4H3,(H,31,35). The second-order valence-electron chi connectivity index (χ2n) is 9.29. The van der Waals surface area contributed by atoms with Gasteiger partial charge in [0.1, 0.15) is 12.6 Å². The first-order valence-electron chi connectivity index (χ1n) is 12.1. The molecule has 0 saturated carbocycles. The number of nitrogens with zero attached hydrogens (tertiary/aromatic N) is 2. The summed E-state index contributed by atoms with van der Waals surface area (Å²) in [5, 5.41) is 3.24. The van der Waals surface area contributed by atoms with E-state index < -0.39 is 28.5 Å². The van der Waals surface area contributed by atoms with Crippen molar-refractivity contribution in [3.8, 4) is 0 Å². The van der Waals surface area contributed by atoms with E-state index in [1.54, 1.807) is 31.2 Å². The van der Waals surface area contributed by atoms with Crippen molar-refractivity contribution in [2.45, 2.75) is 51.2 Å². The van der Waals surface area contributed by atoms with E-state index in [-0.39, 0.29) is 23.4 Å². The highest BCUT2D eigenvalue weighted by molar-refractivity contribution is 9.10. The van der Waals surface area contributed by atoms with Crippen LogP contribution in [0, 0.1) is 6.92 Å². The minimum Gasteiger partial charge on any atom is -0.352 e. The van der Waals surface area contributed by atoms with Crippen LogP contribution in [0.2, 0.25) is 5.02 Å². The van der Waals surface area contributed by atoms with Gasteiger partial charge in [0.15, 0.2) is 0 Å². The van der Waals surface area contributed by atoms with Crippen molar-refractivity contribution in [2.24, 2.45) is 0 Å². The predicted molar refractivity (Wildman–Crippen MR) is 155 cm³/mol. The number of benzene rings is 3. The molecular formula is C28H31BrClN3O4S. The van der Waals surface area contributed by atoms with Crippen LogP contribution in [0.3, 0.4) is 0 Å². The molecule has 7 nitrogen and oxygen atoms in total. The molecule has 0 spiro atoms. The van der Waals surface area contributed by atoms with Gasteiger partial charge in [-0.15, -0.1) is 0 Å². The van der Waals surface area contributed by atoms with Crippen LogP contribution < -0.4 is 9.62 Å². The van der Waals surface area contributed by atoms with Gasteiger partial charge in [0.25, 0.3) is 10.0 Å². The van der Waals surface area contributed by atoms with Crippen molar-refractivity contribution in [1.82, 2.24) is 10.2 Å². The maximum Gasteiger partial charge on any atom is 0.264 e. The molecule has 202 valence electrons. The molecule has 2 amide bonds. The van der Waals surface area contributed by atoms with Crippen LogP contribution in [-0.4, -0.2) is 43.8 Å². The molecule has 0 aromatic heterocycles. The summed E-state index contributed by atoms with van der Waals surface area (Å²) in [5.41, 5.74) is 2.08. The minimum atomic E-state index is -4.14. The van der Waals surface area contributed by atoms with E-state index in [1.165, 1.54) is 29.2 Å². The molecule has 1 unspecified atom stereocenters. The quantitative estimate of drug-likeness (QED) is 0.322. The Kier molecular flexibility index (Phi) is 9.98. The number of sulfonamides is 1.